The first-order valence-corrected chi connectivity index (χ1v) is 5.34. The molecule has 0 atom stereocenters. The van der Waals surface area contributed by atoms with E-state index in [4.69, 9.17) is 0 Å². The van der Waals surface area contributed by atoms with E-state index in [0.29, 0.717) is 24.1 Å². The lowest BCUT2D eigenvalue weighted by molar-refractivity contribution is 0.603. The van der Waals surface area contributed by atoms with Crippen LogP contribution in [0.3, 0.4) is 0 Å². The van der Waals surface area contributed by atoms with Crippen LogP contribution in [-0.2, 0) is 6.54 Å². The third-order valence-corrected chi connectivity index (χ3v) is 2.05. The standard InChI is InChI=1S/C12H18FN3/c1-9(2)16-12(14-3)15-8-10-6-4-5-7-11(10)13/h4-7,9H,8H2,1-3H3,(H2,14,15,16). The average Bonchev–Trinajstić information content (AvgIpc) is 2.25. The van der Waals surface area contributed by atoms with Crippen LogP contribution in [-0.4, -0.2) is 19.0 Å². The summed E-state index contributed by atoms with van der Waals surface area (Å²) in [6.07, 6.45) is 0. The lowest BCUT2D eigenvalue weighted by atomic mass is 10.2. The van der Waals surface area contributed by atoms with Gasteiger partial charge in [-0.1, -0.05) is 18.2 Å². The molecule has 0 amide bonds. The number of hydrogen-bond acceptors (Lipinski definition) is 1. The van der Waals surface area contributed by atoms with Crippen LogP contribution in [0.2, 0.25) is 0 Å². The third kappa shape index (κ3) is 3.88. The van der Waals surface area contributed by atoms with E-state index in [9.17, 15) is 4.39 Å². The second-order valence-corrected chi connectivity index (χ2v) is 3.82. The lowest BCUT2D eigenvalue weighted by Gasteiger charge is -2.14. The Balaban J connectivity index is 2.54. The molecule has 3 nitrogen and oxygen atoms in total. The van der Waals surface area contributed by atoms with Gasteiger partial charge in [0.05, 0.1) is 0 Å². The summed E-state index contributed by atoms with van der Waals surface area (Å²) < 4.78 is 13.3. The number of nitrogens with zero attached hydrogens (tertiary/aromatic N) is 1. The van der Waals surface area contributed by atoms with Crippen molar-refractivity contribution in [1.82, 2.24) is 10.6 Å². The van der Waals surface area contributed by atoms with Crippen molar-refractivity contribution in [2.75, 3.05) is 7.05 Å². The molecule has 1 rings (SSSR count). The van der Waals surface area contributed by atoms with Gasteiger partial charge in [0.1, 0.15) is 5.82 Å². The van der Waals surface area contributed by atoms with E-state index in [0.717, 1.165) is 0 Å². The Bertz CT molecular complexity index is 361. The Morgan fingerprint density at radius 2 is 2.06 bits per heavy atom. The topological polar surface area (TPSA) is 36.4 Å². The van der Waals surface area contributed by atoms with Gasteiger partial charge in [-0.3, -0.25) is 4.99 Å². The summed E-state index contributed by atoms with van der Waals surface area (Å²) in [6.45, 7) is 4.48. The molecule has 0 fully saturated rings. The van der Waals surface area contributed by atoms with Crippen molar-refractivity contribution in [2.24, 2.45) is 4.99 Å². The van der Waals surface area contributed by atoms with Gasteiger partial charge >= 0.3 is 0 Å². The Hall–Kier alpha value is -1.58. The summed E-state index contributed by atoms with van der Waals surface area (Å²) >= 11 is 0. The van der Waals surface area contributed by atoms with Crippen molar-refractivity contribution < 1.29 is 4.39 Å². The summed E-state index contributed by atoms with van der Waals surface area (Å²) in [6, 6.07) is 7.01. The zero-order valence-electron chi connectivity index (χ0n) is 9.92. The maximum absolute atomic E-state index is 13.3. The summed E-state index contributed by atoms with van der Waals surface area (Å²) in [5, 5.41) is 6.19. The maximum atomic E-state index is 13.3. The minimum atomic E-state index is -0.199. The Kier molecular flexibility index (Phi) is 4.76. The second kappa shape index (κ2) is 6.10. The van der Waals surface area contributed by atoms with Gasteiger partial charge < -0.3 is 10.6 Å². The van der Waals surface area contributed by atoms with E-state index in [-0.39, 0.29) is 5.82 Å². The largest absolute Gasteiger partial charge is 0.354 e. The number of halogens is 1. The van der Waals surface area contributed by atoms with Crippen LogP contribution >= 0.6 is 0 Å². The minimum Gasteiger partial charge on any atom is -0.354 e. The van der Waals surface area contributed by atoms with E-state index in [2.05, 4.69) is 15.6 Å². The molecule has 0 unspecified atom stereocenters. The smallest absolute Gasteiger partial charge is 0.191 e. The van der Waals surface area contributed by atoms with Gasteiger partial charge in [0.25, 0.3) is 0 Å². The number of rotatable bonds is 3. The van der Waals surface area contributed by atoms with Gasteiger partial charge in [-0.25, -0.2) is 4.39 Å². The van der Waals surface area contributed by atoms with E-state index in [1.165, 1.54) is 6.07 Å². The van der Waals surface area contributed by atoms with Crippen LogP contribution in [0.5, 0.6) is 0 Å². The van der Waals surface area contributed by atoms with Gasteiger partial charge in [0.2, 0.25) is 0 Å². The number of benzene rings is 1. The number of nitrogens with one attached hydrogen (secondary N) is 2. The molecule has 1 aromatic carbocycles. The molecule has 16 heavy (non-hydrogen) atoms. The fourth-order valence-corrected chi connectivity index (χ4v) is 1.29. The van der Waals surface area contributed by atoms with Crippen LogP contribution < -0.4 is 10.6 Å². The molecule has 0 aliphatic heterocycles. The first-order chi connectivity index (χ1) is 7.63. The molecule has 0 spiro atoms. The predicted octanol–water partition coefficient (Wildman–Crippen LogP) is 1.90. The zero-order chi connectivity index (χ0) is 12.0. The Morgan fingerprint density at radius 1 is 1.38 bits per heavy atom. The highest BCUT2D eigenvalue weighted by atomic mass is 19.1. The zero-order valence-corrected chi connectivity index (χ0v) is 9.92. The molecule has 1 aromatic rings. The molecule has 0 saturated carbocycles. The van der Waals surface area contributed by atoms with Crippen LogP contribution in [0.1, 0.15) is 19.4 Å². The lowest BCUT2D eigenvalue weighted by Crippen LogP contribution is -2.40. The number of guanidine groups is 1. The van der Waals surface area contributed by atoms with Gasteiger partial charge in [0.15, 0.2) is 5.96 Å². The van der Waals surface area contributed by atoms with Crippen molar-refractivity contribution >= 4 is 5.96 Å². The third-order valence-electron chi connectivity index (χ3n) is 2.05. The predicted molar refractivity (Wildman–Crippen MR) is 64.9 cm³/mol. The normalized spacial score (nSPS) is 11.7. The molecule has 0 aliphatic carbocycles. The number of aliphatic imine (C=N–C) groups is 1. The molecule has 0 aromatic heterocycles. The molecule has 2 N–H and O–H groups in total. The molecule has 0 aliphatic rings. The highest BCUT2D eigenvalue weighted by Crippen LogP contribution is 2.05. The van der Waals surface area contributed by atoms with Crippen molar-refractivity contribution in [3.8, 4) is 0 Å². The highest BCUT2D eigenvalue weighted by molar-refractivity contribution is 5.79. The monoisotopic (exact) mass is 223 g/mol. The van der Waals surface area contributed by atoms with Crippen LogP contribution in [0, 0.1) is 5.82 Å². The molecule has 0 radical (unpaired) electrons. The fraction of sp³-hybridized carbons (Fsp3) is 0.417. The Labute approximate surface area is 95.8 Å². The van der Waals surface area contributed by atoms with E-state index in [1.54, 1.807) is 19.2 Å². The fourth-order valence-electron chi connectivity index (χ4n) is 1.29. The summed E-state index contributed by atoms with van der Waals surface area (Å²) in [5.74, 6) is 0.480. The quantitative estimate of drug-likeness (QED) is 0.606. The number of hydrogen-bond donors (Lipinski definition) is 2. The van der Waals surface area contributed by atoms with Gasteiger partial charge in [-0.2, -0.15) is 0 Å². The SMILES string of the molecule is CN=C(NCc1ccccc1F)NC(C)C. The summed E-state index contributed by atoms with van der Waals surface area (Å²) in [4.78, 5) is 4.04. The summed E-state index contributed by atoms with van der Waals surface area (Å²) in [5.41, 5.74) is 0.634. The van der Waals surface area contributed by atoms with Gasteiger partial charge in [-0.15, -0.1) is 0 Å². The van der Waals surface area contributed by atoms with Crippen LogP contribution in [0.25, 0.3) is 0 Å². The van der Waals surface area contributed by atoms with E-state index >= 15 is 0 Å². The molecule has 0 saturated heterocycles. The average molecular weight is 223 g/mol. The van der Waals surface area contributed by atoms with Crippen LogP contribution in [0.15, 0.2) is 29.3 Å². The van der Waals surface area contributed by atoms with Crippen molar-refractivity contribution in [1.29, 1.82) is 0 Å². The second-order valence-electron chi connectivity index (χ2n) is 3.82. The first kappa shape index (κ1) is 12.5. The molecule has 0 heterocycles. The Morgan fingerprint density at radius 3 is 2.62 bits per heavy atom. The first-order valence-electron chi connectivity index (χ1n) is 5.34. The van der Waals surface area contributed by atoms with Crippen LogP contribution in [0.4, 0.5) is 4.39 Å². The van der Waals surface area contributed by atoms with E-state index in [1.807, 2.05) is 19.9 Å². The molecule has 4 heteroatoms. The minimum absolute atomic E-state index is 0.199. The molecular formula is C12H18FN3. The molecule has 88 valence electrons. The van der Waals surface area contributed by atoms with Crippen molar-refractivity contribution in [2.45, 2.75) is 26.4 Å². The molecular weight excluding hydrogens is 205 g/mol. The van der Waals surface area contributed by atoms with Gasteiger partial charge in [-0.05, 0) is 19.9 Å². The van der Waals surface area contributed by atoms with Crippen molar-refractivity contribution in [3.05, 3.63) is 35.6 Å². The van der Waals surface area contributed by atoms with Crippen molar-refractivity contribution in [3.63, 3.8) is 0 Å². The summed E-state index contributed by atoms with van der Waals surface area (Å²) in [7, 11) is 1.69. The highest BCUT2D eigenvalue weighted by Gasteiger charge is 2.03. The van der Waals surface area contributed by atoms with E-state index < -0.39 is 0 Å². The maximum Gasteiger partial charge on any atom is 0.191 e. The van der Waals surface area contributed by atoms with Gasteiger partial charge in [0, 0.05) is 25.2 Å². The molecule has 0 bridgehead atoms.